The molecular weight excluding hydrogens is 298 g/mol. The molecule has 1 aromatic carbocycles. The van der Waals surface area contributed by atoms with E-state index in [2.05, 4.69) is 0 Å². The molecule has 2 aliphatic heterocycles. The predicted molar refractivity (Wildman–Crippen MR) is 83.5 cm³/mol. The smallest absolute Gasteiger partial charge is 0.260 e. The summed E-state index contributed by atoms with van der Waals surface area (Å²) in [5, 5.41) is 0. The molecule has 0 N–H and O–H groups in total. The minimum absolute atomic E-state index is 0.0103. The van der Waals surface area contributed by atoms with Gasteiger partial charge < -0.3 is 23.8 Å². The maximum atomic E-state index is 12.6. The molecule has 0 bridgehead atoms. The number of ether oxygens (including phenoxy) is 4. The van der Waals surface area contributed by atoms with Crippen LogP contribution in [0.15, 0.2) is 24.3 Å². The third-order valence-electron chi connectivity index (χ3n) is 4.25. The van der Waals surface area contributed by atoms with Crippen molar-refractivity contribution in [2.75, 3.05) is 33.5 Å². The van der Waals surface area contributed by atoms with Gasteiger partial charge in [-0.3, -0.25) is 4.79 Å². The van der Waals surface area contributed by atoms with Gasteiger partial charge in [-0.2, -0.15) is 0 Å². The SMILES string of the molecule is COc1ccccc1OCC(=O)N1CCCCC1C1OCCO1. The van der Waals surface area contributed by atoms with Crippen LogP contribution in [0.25, 0.3) is 0 Å². The Morgan fingerprint density at radius 3 is 2.70 bits per heavy atom. The van der Waals surface area contributed by atoms with Gasteiger partial charge in [0, 0.05) is 6.54 Å². The average molecular weight is 321 g/mol. The van der Waals surface area contributed by atoms with Crippen molar-refractivity contribution in [3.05, 3.63) is 24.3 Å². The first-order valence-corrected chi connectivity index (χ1v) is 8.08. The van der Waals surface area contributed by atoms with Gasteiger partial charge in [0.05, 0.1) is 26.4 Å². The summed E-state index contributed by atoms with van der Waals surface area (Å²) in [6.07, 6.45) is 2.70. The molecule has 0 saturated carbocycles. The van der Waals surface area contributed by atoms with Crippen LogP contribution < -0.4 is 9.47 Å². The minimum atomic E-state index is -0.300. The Labute approximate surface area is 136 Å². The van der Waals surface area contributed by atoms with E-state index in [1.165, 1.54) is 0 Å². The number of nitrogens with zero attached hydrogens (tertiary/aromatic N) is 1. The zero-order valence-electron chi connectivity index (χ0n) is 13.4. The van der Waals surface area contributed by atoms with Gasteiger partial charge >= 0.3 is 0 Å². The van der Waals surface area contributed by atoms with Crippen molar-refractivity contribution in [2.24, 2.45) is 0 Å². The van der Waals surface area contributed by atoms with Gasteiger partial charge in [-0.1, -0.05) is 12.1 Å². The van der Waals surface area contributed by atoms with Crippen molar-refractivity contribution in [3.63, 3.8) is 0 Å². The van der Waals surface area contributed by atoms with Crippen LogP contribution >= 0.6 is 0 Å². The second kappa shape index (κ2) is 7.66. The Hall–Kier alpha value is -1.79. The van der Waals surface area contributed by atoms with E-state index in [0.29, 0.717) is 24.7 Å². The van der Waals surface area contributed by atoms with Gasteiger partial charge in [-0.05, 0) is 31.4 Å². The zero-order valence-corrected chi connectivity index (χ0v) is 13.4. The largest absolute Gasteiger partial charge is 0.493 e. The number of para-hydroxylation sites is 2. The Kier molecular flexibility index (Phi) is 5.35. The molecule has 0 aromatic heterocycles. The van der Waals surface area contributed by atoms with E-state index in [4.69, 9.17) is 18.9 Å². The summed E-state index contributed by atoms with van der Waals surface area (Å²) in [5.74, 6) is 1.16. The highest BCUT2D eigenvalue weighted by Crippen LogP contribution is 2.27. The van der Waals surface area contributed by atoms with Crippen LogP contribution in [0.4, 0.5) is 0 Å². The maximum absolute atomic E-state index is 12.6. The van der Waals surface area contributed by atoms with Crippen LogP contribution in [0, 0.1) is 0 Å². The van der Waals surface area contributed by atoms with Gasteiger partial charge in [0.25, 0.3) is 5.91 Å². The minimum Gasteiger partial charge on any atom is -0.493 e. The first kappa shape index (κ1) is 16.1. The second-order valence-corrected chi connectivity index (χ2v) is 5.70. The van der Waals surface area contributed by atoms with Gasteiger partial charge in [-0.25, -0.2) is 0 Å². The highest BCUT2D eigenvalue weighted by atomic mass is 16.7. The van der Waals surface area contributed by atoms with E-state index < -0.39 is 0 Å². The number of carbonyl (C=O) groups is 1. The maximum Gasteiger partial charge on any atom is 0.260 e. The Bertz CT molecular complexity index is 529. The highest BCUT2D eigenvalue weighted by Gasteiger charge is 2.36. The number of hydrogen-bond acceptors (Lipinski definition) is 5. The first-order valence-electron chi connectivity index (χ1n) is 8.08. The Morgan fingerprint density at radius 2 is 1.96 bits per heavy atom. The van der Waals surface area contributed by atoms with E-state index in [0.717, 1.165) is 25.8 Å². The van der Waals surface area contributed by atoms with Gasteiger partial charge in [0.2, 0.25) is 0 Å². The van der Waals surface area contributed by atoms with E-state index in [-0.39, 0.29) is 24.8 Å². The van der Waals surface area contributed by atoms with E-state index >= 15 is 0 Å². The van der Waals surface area contributed by atoms with Crippen LogP contribution in [0.1, 0.15) is 19.3 Å². The summed E-state index contributed by atoms with van der Waals surface area (Å²) in [5.41, 5.74) is 0. The third kappa shape index (κ3) is 3.76. The molecule has 2 fully saturated rings. The monoisotopic (exact) mass is 321 g/mol. The predicted octanol–water partition coefficient (Wildman–Crippen LogP) is 1.83. The molecule has 0 spiro atoms. The second-order valence-electron chi connectivity index (χ2n) is 5.70. The number of likely N-dealkylation sites (tertiary alicyclic amines) is 1. The number of carbonyl (C=O) groups excluding carboxylic acids is 1. The van der Waals surface area contributed by atoms with Crippen LogP contribution in [0.2, 0.25) is 0 Å². The summed E-state index contributed by atoms with van der Waals surface area (Å²) in [6.45, 7) is 1.91. The summed E-state index contributed by atoms with van der Waals surface area (Å²) in [6, 6.07) is 7.31. The van der Waals surface area contributed by atoms with Crippen LogP contribution in [-0.2, 0) is 14.3 Å². The zero-order chi connectivity index (χ0) is 16.1. The molecule has 0 aliphatic carbocycles. The van der Waals surface area contributed by atoms with E-state index in [1.807, 2.05) is 23.1 Å². The van der Waals surface area contributed by atoms with E-state index in [9.17, 15) is 4.79 Å². The highest BCUT2D eigenvalue weighted by molar-refractivity contribution is 5.78. The molecular formula is C17H23NO5. The fraction of sp³-hybridized carbons (Fsp3) is 0.588. The molecule has 6 nitrogen and oxygen atoms in total. The number of methoxy groups -OCH3 is 1. The quantitative estimate of drug-likeness (QED) is 0.828. The molecule has 23 heavy (non-hydrogen) atoms. The molecule has 6 heteroatoms. The fourth-order valence-corrected chi connectivity index (χ4v) is 3.11. The summed E-state index contributed by atoms with van der Waals surface area (Å²) < 4.78 is 22.1. The first-order chi connectivity index (χ1) is 11.3. The number of hydrogen-bond donors (Lipinski definition) is 0. The molecule has 2 aliphatic rings. The number of benzene rings is 1. The van der Waals surface area contributed by atoms with Crippen molar-refractivity contribution in [1.29, 1.82) is 0 Å². The van der Waals surface area contributed by atoms with Crippen LogP contribution in [0.5, 0.6) is 11.5 Å². The van der Waals surface area contributed by atoms with Crippen LogP contribution in [0.3, 0.4) is 0 Å². The van der Waals surface area contributed by atoms with Crippen molar-refractivity contribution in [2.45, 2.75) is 31.6 Å². The Balaban J connectivity index is 1.61. The molecule has 126 valence electrons. The van der Waals surface area contributed by atoms with Gasteiger partial charge in [0.1, 0.15) is 0 Å². The van der Waals surface area contributed by atoms with Crippen molar-refractivity contribution in [1.82, 2.24) is 4.90 Å². The lowest BCUT2D eigenvalue weighted by Crippen LogP contribution is -2.51. The fourth-order valence-electron chi connectivity index (χ4n) is 3.11. The molecule has 1 amide bonds. The van der Waals surface area contributed by atoms with Gasteiger partial charge in [0.15, 0.2) is 24.4 Å². The standard InChI is InChI=1S/C17H23NO5/c1-20-14-7-2-3-8-15(14)23-12-16(19)18-9-5-4-6-13(18)17-21-10-11-22-17/h2-3,7-8,13,17H,4-6,9-12H2,1H3. The molecule has 1 unspecified atom stereocenters. The molecule has 3 rings (SSSR count). The topological polar surface area (TPSA) is 57.2 Å². The van der Waals surface area contributed by atoms with Crippen molar-refractivity contribution < 1.29 is 23.7 Å². The van der Waals surface area contributed by atoms with Crippen molar-refractivity contribution in [3.8, 4) is 11.5 Å². The number of piperidine rings is 1. The molecule has 1 atom stereocenters. The summed E-state index contributed by atoms with van der Waals surface area (Å²) >= 11 is 0. The van der Waals surface area contributed by atoms with E-state index in [1.54, 1.807) is 13.2 Å². The number of amides is 1. The summed E-state index contributed by atoms with van der Waals surface area (Å²) in [7, 11) is 1.58. The van der Waals surface area contributed by atoms with Gasteiger partial charge in [-0.15, -0.1) is 0 Å². The lowest BCUT2D eigenvalue weighted by atomic mass is 10.0. The third-order valence-corrected chi connectivity index (χ3v) is 4.25. The lowest BCUT2D eigenvalue weighted by Gasteiger charge is -2.37. The van der Waals surface area contributed by atoms with Crippen molar-refractivity contribution >= 4 is 5.91 Å². The summed E-state index contributed by atoms with van der Waals surface area (Å²) in [4.78, 5) is 14.4. The normalized spacial score (nSPS) is 22.1. The molecule has 0 radical (unpaired) electrons. The molecule has 1 aromatic rings. The molecule has 2 heterocycles. The van der Waals surface area contributed by atoms with Crippen LogP contribution in [-0.4, -0.2) is 56.6 Å². The number of rotatable bonds is 5. The lowest BCUT2D eigenvalue weighted by molar-refractivity contribution is -0.152. The Morgan fingerprint density at radius 1 is 1.22 bits per heavy atom. The average Bonchev–Trinajstić information content (AvgIpc) is 3.14. The molecule has 2 saturated heterocycles.